The maximum Gasteiger partial charge on any atom is 0.417 e. The summed E-state index contributed by atoms with van der Waals surface area (Å²) in [6.07, 6.45) is -0.710. The van der Waals surface area contributed by atoms with E-state index in [2.05, 4.69) is 15.3 Å². The minimum atomic E-state index is -4.68. The zero-order valence-corrected chi connectivity index (χ0v) is 16.2. The van der Waals surface area contributed by atoms with Crippen molar-refractivity contribution in [3.05, 3.63) is 89.7 Å². The molecule has 0 radical (unpaired) electrons. The van der Waals surface area contributed by atoms with E-state index in [0.29, 0.717) is 17.0 Å². The number of amides is 1. The Morgan fingerprint density at radius 2 is 1.88 bits per heavy atom. The number of carbonyl (C=O) groups excluding carboxylic acids is 2. The fraction of sp³-hybridized carbons (Fsp3) is 0.0455. The van der Waals surface area contributed by atoms with Crippen molar-refractivity contribution < 1.29 is 27.2 Å². The van der Waals surface area contributed by atoms with Crippen LogP contribution >= 0.6 is 0 Å². The number of hydrogen-bond acceptors (Lipinski definition) is 5. The molecule has 0 spiro atoms. The molecule has 0 fully saturated rings. The molecule has 2 heterocycles. The first-order valence-electron chi connectivity index (χ1n) is 9.23. The van der Waals surface area contributed by atoms with Crippen LogP contribution in [-0.4, -0.2) is 21.7 Å². The molecule has 4 rings (SSSR count). The molecule has 0 atom stereocenters. The number of H-pyrrole nitrogens is 1. The van der Waals surface area contributed by atoms with Gasteiger partial charge in [-0.25, -0.2) is 4.98 Å². The van der Waals surface area contributed by atoms with Crippen LogP contribution in [0.2, 0.25) is 0 Å². The molecule has 7 nitrogen and oxygen atoms in total. The molecule has 0 saturated heterocycles. The summed E-state index contributed by atoms with van der Waals surface area (Å²) in [6.45, 7) is 0. The van der Waals surface area contributed by atoms with Crippen LogP contribution in [0.1, 0.15) is 32.0 Å². The lowest BCUT2D eigenvalue weighted by Crippen LogP contribution is -2.14. The molecular formula is C22H15F3N4O3. The molecule has 1 amide bonds. The first-order valence-corrected chi connectivity index (χ1v) is 9.23. The quantitative estimate of drug-likeness (QED) is 0.306. The van der Waals surface area contributed by atoms with Gasteiger partial charge in [0.25, 0.3) is 5.91 Å². The highest BCUT2D eigenvalue weighted by atomic mass is 19.4. The molecule has 4 aromatic rings. The van der Waals surface area contributed by atoms with E-state index < -0.39 is 29.0 Å². The molecule has 2 aromatic carbocycles. The van der Waals surface area contributed by atoms with Gasteiger partial charge in [0.15, 0.2) is 17.9 Å². The predicted molar refractivity (Wildman–Crippen MR) is 110 cm³/mol. The van der Waals surface area contributed by atoms with Gasteiger partial charge in [0.2, 0.25) is 0 Å². The zero-order chi connectivity index (χ0) is 22.9. The Hall–Kier alpha value is -4.34. The number of nitrogens with one attached hydrogen (secondary N) is 2. The van der Waals surface area contributed by atoms with Gasteiger partial charge in [0.05, 0.1) is 23.1 Å². The number of rotatable bonds is 5. The number of ketones is 1. The van der Waals surface area contributed by atoms with Gasteiger partial charge in [-0.1, -0.05) is 18.2 Å². The van der Waals surface area contributed by atoms with Crippen LogP contribution in [0.5, 0.6) is 0 Å². The minimum Gasteiger partial charge on any atom is -0.444 e. The summed E-state index contributed by atoms with van der Waals surface area (Å²) in [5.41, 5.74) is 5.57. The lowest BCUT2D eigenvalue weighted by atomic mass is 9.99. The summed E-state index contributed by atoms with van der Waals surface area (Å²) >= 11 is 0. The van der Waals surface area contributed by atoms with Gasteiger partial charge in [0, 0.05) is 22.9 Å². The molecule has 32 heavy (non-hydrogen) atoms. The number of nitrogens with zero attached hydrogens (tertiary/aromatic N) is 1. The number of nitrogen functional groups attached to an aromatic ring is 1. The highest BCUT2D eigenvalue weighted by molar-refractivity contribution is 6.12. The van der Waals surface area contributed by atoms with E-state index in [1.54, 1.807) is 18.2 Å². The highest BCUT2D eigenvalue weighted by Crippen LogP contribution is 2.33. The Labute approximate surface area is 179 Å². The van der Waals surface area contributed by atoms with Crippen molar-refractivity contribution in [2.75, 3.05) is 11.1 Å². The topological polar surface area (TPSA) is 114 Å². The highest BCUT2D eigenvalue weighted by Gasteiger charge is 2.35. The summed E-state index contributed by atoms with van der Waals surface area (Å²) in [5, 5.41) is 2.59. The summed E-state index contributed by atoms with van der Waals surface area (Å²) in [7, 11) is 0. The third-order valence-corrected chi connectivity index (χ3v) is 4.68. The Bertz CT molecular complexity index is 1290. The molecule has 0 saturated carbocycles. The average Bonchev–Trinajstić information content (AvgIpc) is 3.46. The second-order valence-electron chi connectivity index (χ2n) is 6.80. The third-order valence-electron chi connectivity index (χ3n) is 4.68. The van der Waals surface area contributed by atoms with Gasteiger partial charge in [-0.05, 0) is 30.3 Å². The summed E-state index contributed by atoms with van der Waals surface area (Å²) in [6, 6.07) is 10.5. The van der Waals surface area contributed by atoms with Gasteiger partial charge in [0.1, 0.15) is 5.69 Å². The van der Waals surface area contributed by atoms with Crippen LogP contribution in [0.4, 0.5) is 24.5 Å². The van der Waals surface area contributed by atoms with Crippen LogP contribution in [0.25, 0.3) is 11.3 Å². The van der Waals surface area contributed by atoms with E-state index in [9.17, 15) is 22.8 Å². The second kappa shape index (κ2) is 8.06. The number of aromatic amines is 1. The Kier molecular flexibility index (Phi) is 5.27. The third kappa shape index (κ3) is 4.10. The smallest absolute Gasteiger partial charge is 0.417 e. The van der Waals surface area contributed by atoms with Crippen molar-refractivity contribution >= 4 is 23.1 Å². The van der Waals surface area contributed by atoms with Crippen molar-refractivity contribution in [1.29, 1.82) is 0 Å². The number of benzene rings is 2. The molecule has 4 N–H and O–H groups in total. The Morgan fingerprint density at radius 3 is 2.56 bits per heavy atom. The van der Waals surface area contributed by atoms with Crippen LogP contribution in [0, 0.1) is 0 Å². The second-order valence-corrected chi connectivity index (χ2v) is 6.80. The first-order chi connectivity index (χ1) is 15.2. The van der Waals surface area contributed by atoms with Gasteiger partial charge in [-0.15, -0.1) is 0 Å². The van der Waals surface area contributed by atoms with Crippen LogP contribution in [0.15, 0.2) is 71.7 Å². The number of aromatic nitrogens is 2. The number of alkyl halides is 3. The summed E-state index contributed by atoms with van der Waals surface area (Å²) in [4.78, 5) is 31.6. The maximum atomic E-state index is 13.2. The van der Waals surface area contributed by atoms with Gasteiger partial charge < -0.3 is 20.5 Å². The van der Waals surface area contributed by atoms with E-state index in [1.807, 2.05) is 0 Å². The number of carbonyl (C=O) groups is 2. The monoisotopic (exact) mass is 440 g/mol. The fourth-order valence-electron chi connectivity index (χ4n) is 3.12. The summed E-state index contributed by atoms with van der Waals surface area (Å²) < 4.78 is 44.8. The lowest BCUT2D eigenvalue weighted by molar-refractivity contribution is -0.137. The van der Waals surface area contributed by atoms with Gasteiger partial charge >= 0.3 is 6.18 Å². The molecule has 0 aliphatic carbocycles. The molecule has 10 heteroatoms. The summed E-state index contributed by atoms with van der Waals surface area (Å²) in [5.74, 6) is -0.974. The van der Waals surface area contributed by atoms with Crippen molar-refractivity contribution in [1.82, 2.24) is 9.97 Å². The SMILES string of the molecule is Nc1cc(-c2cnco2)ccc1NC(=O)c1cc(C(=O)c2ccccc2C(F)(F)F)c[nH]1. The van der Waals surface area contributed by atoms with E-state index in [1.165, 1.54) is 37.0 Å². The Balaban J connectivity index is 1.53. The van der Waals surface area contributed by atoms with E-state index in [0.717, 1.165) is 12.1 Å². The van der Waals surface area contributed by atoms with Crippen molar-refractivity contribution in [2.45, 2.75) is 6.18 Å². The number of hydrogen-bond donors (Lipinski definition) is 3. The standard InChI is InChI=1S/C22H15F3N4O3/c23-22(24,25)15-4-2-1-3-14(15)20(30)13-8-18(28-9-13)21(31)29-17-6-5-12(7-16(17)26)19-10-27-11-32-19/h1-11,28H,26H2,(H,29,31). The Morgan fingerprint density at radius 1 is 1.09 bits per heavy atom. The van der Waals surface area contributed by atoms with Crippen molar-refractivity contribution in [2.24, 2.45) is 0 Å². The van der Waals surface area contributed by atoms with Gasteiger partial charge in [-0.2, -0.15) is 13.2 Å². The number of oxazole rings is 1. The fourth-order valence-corrected chi connectivity index (χ4v) is 3.12. The largest absolute Gasteiger partial charge is 0.444 e. The predicted octanol–water partition coefficient (Wildman–Crippen LogP) is 4.75. The molecule has 0 aliphatic rings. The molecule has 0 bridgehead atoms. The number of nitrogens with two attached hydrogens (primary N) is 1. The zero-order valence-electron chi connectivity index (χ0n) is 16.2. The van der Waals surface area contributed by atoms with Crippen molar-refractivity contribution in [3.63, 3.8) is 0 Å². The number of anilines is 2. The molecule has 2 aromatic heterocycles. The van der Waals surface area contributed by atoms with Crippen LogP contribution < -0.4 is 11.1 Å². The number of halogens is 3. The molecular weight excluding hydrogens is 425 g/mol. The molecule has 0 aliphatic heterocycles. The van der Waals surface area contributed by atoms with Crippen molar-refractivity contribution in [3.8, 4) is 11.3 Å². The lowest BCUT2D eigenvalue weighted by Gasteiger charge is -2.11. The first kappa shape index (κ1) is 20.9. The van der Waals surface area contributed by atoms with Gasteiger partial charge in [-0.3, -0.25) is 9.59 Å². The maximum absolute atomic E-state index is 13.2. The molecule has 162 valence electrons. The molecule has 0 unspecified atom stereocenters. The normalized spacial score (nSPS) is 11.3. The van der Waals surface area contributed by atoms with E-state index in [4.69, 9.17) is 10.2 Å². The van der Waals surface area contributed by atoms with Crippen LogP contribution in [0.3, 0.4) is 0 Å². The average molecular weight is 440 g/mol. The minimum absolute atomic E-state index is 0.0171. The van der Waals surface area contributed by atoms with Crippen LogP contribution in [-0.2, 0) is 6.18 Å². The van der Waals surface area contributed by atoms with E-state index >= 15 is 0 Å². The van der Waals surface area contributed by atoms with E-state index in [-0.39, 0.29) is 16.9 Å².